The van der Waals surface area contributed by atoms with Crippen LogP contribution >= 0.6 is 0 Å². The van der Waals surface area contributed by atoms with Gasteiger partial charge in [-0.15, -0.1) is 0 Å². The monoisotopic (exact) mass is 212 g/mol. The lowest BCUT2D eigenvalue weighted by Crippen LogP contribution is -1.95. The minimum absolute atomic E-state index is 0.561. The van der Waals surface area contributed by atoms with E-state index in [1.165, 1.54) is 5.56 Å². The number of carbonyl (C=O) groups excluding carboxylic acids is 1. The molecule has 1 aromatic carbocycles. The molecule has 1 aromatic heterocycles. The number of aryl methyl sites for hydroxylation is 1. The first-order valence-corrected chi connectivity index (χ1v) is 5.03. The van der Waals surface area contributed by atoms with Crippen molar-refractivity contribution in [2.75, 3.05) is 5.32 Å². The third-order valence-corrected chi connectivity index (χ3v) is 2.36. The van der Waals surface area contributed by atoms with Gasteiger partial charge in [0, 0.05) is 11.8 Å². The maximum Gasteiger partial charge on any atom is 0.212 e. The predicted octanol–water partition coefficient (Wildman–Crippen LogP) is 2.63. The van der Waals surface area contributed by atoms with Gasteiger partial charge < -0.3 is 5.32 Å². The maximum atomic E-state index is 10.2. The van der Waals surface area contributed by atoms with Crippen molar-refractivity contribution in [1.29, 1.82) is 0 Å². The van der Waals surface area contributed by atoms with Crippen molar-refractivity contribution in [2.24, 2.45) is 0 Å². The second-order valence-corrected chi connectivity index (χ2v) is 3.56. The van der Waals surface area contributed by atoms with Crippen LogP contribution in [0.15, 0.2) is 42.6 Å². The Balaban J connectivity index is 2.27. The first-order valence-electron chi connectivity index (χ1n) is 5.03. The van der Waals surface area contributed by atoms with Crippen LogP contribution in [0.1, 0.15) is 5.56 Å². The lowest BCUT2D eigenvalue weighted by Gasteiger charge is -2.03. The number of rotatable bonds is 3. The fourth-order valence-corrected chi connectivity index (χ4v) is 1.46. The summed E-state index contributed by atoms with van der Waals surface area (Å²) in [6, 6.07) is 11.9. The molecule has 0 radical (unpaired) electrons. The standard InChI is InChI=1S/C13H12N2O/c1-10-2-4-11(5-3-10)12-6-7-13(14-8-12)15-9-16/h2-9H,1H3,(H,14,15,16). The molecule has 0 aliphatic heterocycles. The van der Waals surface area contributed by atoms with Crippen molar-refractivity contribution in [2.45, 2.75) is 6.92 Å². The van der Waals surface area contributed by atoms with Crippen LogP contribution in [0.25, 0.3) is 11.1 Å². The van der Waals surface area contributed by atoms with Crippen molar-refractivity contribution in [3.63, 3.8) is 0 Å². The maximum absolute atomic E-state index is 10.2. The van der Waals surface area contributed by atoms with E-state index in [4.69, 9.17) is 0 Å². The van der Waals surface area contributed by atoms with Crippen LogP contribution in [-0.4, -0.2) is 11.4 Å². The first-order chi connectivity index (χ1) is 7.79. The minimum Gasteiger partial charge on any atom is -0.313 e. The van der Waals surface area contributed by atoms with Gasteiger partial charge in [0.25, 0.3) is 0 Å². The lowest BCUT2D eigenvalue weighted by atomic mass is 10.1. The fourth-order valence-electron chi connectivity index (χ4n) is 1.46. The highest BCUT2D eigenvalue weighted by molar-refractivity contribution is 5.70. The zero-order chi connectivity index (χ0) is 11.4. The van der Waals surface area contributed by atoms with Crippen LogP contribution < -0.4 is 5.32 Å². The van der Waals surface area contributed by atoms with Crippen LogP contribution in [0.2, 0.25) is 0 Å². The summed E-state index contributed by atoms with van der Waals surface area (Å²) in [5.41, 5.74) is 3.39. The Morgan fingerprint density at radius 3 is 2.31 bits per heavy atom. The predicted molar refractivity (Wildman–Crippen MR) is 64.1 cm³/mol. The Bertz CT molecular complexity index is 474. The van der Waals surface area contributed by atoms with Crippen molar-refractivity contribution in [3.8, 4) is 11.1 Å². The quantitative estimate of drug-likeness (QED) is 0.794. The van der Waals surface area contributed by atoms with Gasteiger partial charge in [0.1, 0.15) is 5.82 Å². The summed E-state index contributed by atoms with van der Waals surface area (Å²) >= 11 is 0. The van der Waals surface area contributed by atoms with Crippen LogP contribution in [-0.2, 0) is 4.79 Å². The molecule has 0 bridgehead atoms. The smallest absolute Gasteiger partial charge is 0.212 e. The van der Waals surface area contributed by atoms with E-state index in [0.29, 0.717) is 12.2 Å². The molecule has 16 heavy (non-hydrogen) atoms. The number of hydrogen-bond donors (Lipinski definition) is 1. The third kappa shape index (κ3) is 2.25. The van der Waals surface area contributed by atoms with E-state index in [9.17, 15) is 4.79 Å². The molecule has 1 amide bonds. The molecule has 3 nitrogen and oxygen atoms in total. The topological polar surface area (TPSA) is 42.0 Å². The number of carbonyl (C=O) groups is 1. The number of nitrogens with zero attached hydrogens (tertiary/aromatic N) is 1. The largest absolute Gasteiger partial charge is 0.313 e. The van der Waals surface area contributed by atoms with Crippen molar-refractivity contribution in [3.05, 3.63) is 48.2 Å². The first kappa shape index (κ1) is 10.4. The highest BCUT2D eigenvalue weighted by atomic mass is 16.1. The normalized spacial score (nSPS) is 9.81. The summed E-state index contributed by atoms with van der Waals surface area (Å²) in [6.07, 6.45) is 2.37. The van der Waals surface area contributed by atoms with Crippen LogP contribution in [0, 0.1) is 6.92 Å². The van der Waals surface area contributed by atoms with Gasteiger partial charge >= 0.3 is 0 Å². The van der Waals surface area contributed by atoms with Gasteiger partial charge in [-0.1, -0.05) is 29.8 Å². The van der Waals surface area contributed by atoms with E-state index < -0.39 is 0 Å². The summed E-state index contributed by atoms with van der Waals surface area (Å²) in [6.45, 7) is 2.05. The van der Waals surface area contributed by atoms with E-state index in [0.717, 1.165) is 11.1 Å². The van der Waals surface area contributed by atoms with E-state index in [1.54, 1.807) is 12.3 Å². The molecule has 3 heteroatoms. The van der Waals surface area contributed by atoms with E-state index in [-0.39, 0.29) is 0 Å². The number of aromatic nitrogens is 1. The van der Waals surface area contributed by atoms with Crippen molar-refractivity contribution in [1.82, 2.24) is 4.98 Å². The van der Waals surface area contributed by atoms with Gasteiger partial charge in [-0.05, 0) is 24.6 Å². The molecule has 0 unspecified atom stereocenters. The summed E-state index contributed by atoms with van der Waals surface area (Å²) in [5, 5.41) is 2.50. The fraction of sp³-hybridized carbons (Fsp3) is 0.0769. The molecule has 2 rings (SSSR count). The lowest BCUT2D eigenvalue weighted by molar-refractivity contribution is -0.105. The molecule has 0 saturated heterocycles. The molecular weight excluding hydrogens is 200 g/mol. The number of nitrogens with one attached hydrogen (secondary N) is 1. The van der Waals surface area contributed by atoms with Gasteiger partial charge in [0.2, 0.25) is 6.41 Å². The molecule has 0 fully saturated rings. The molecule has 0 spiro atoms. The number of anilines is 1. The van der Waals surface area contributed by atoms with E-state index in [1.807, 2.05) is 6.07 Å². The van der Waals surface area contributed by atoms with Gasteiger partial charge in [-0.25, -0.2) is 4.98 Å². The van der Waals surface area contributed by atoms with E-state index in [2.05, 4.69) is 41.5 Å². The summed E-state index contributed by atoms with van der Waals surface area (Å²) in [4.78, 5) is 14.3. The zero-order valence-corrected chi connectivity index (χ0v) is 8.97. The molecule has 0 aliphatic carbocycles. The van der Waals surface area contributed by atoms with Crippen LogP contribution in [0.3, 0.4) is 0 Å². The average molecular weight is 212 g/mol. The van der Waals surface area contributed by atoms with E-state index >= 15 is 0 Å². The second-order valence-electron chi connectivity index (χ2n) is 3.56. The Hall–Kier alpha value is -2.16. The number of pyridine rings is 1. The van der Waals surface area contributed by atoms with Gasteiger partial charge in [0.15, 0.2) is 0 Å². The summed E-state index contributed by atoms with van der Waals surface area (Å²) in [5.74, 6) is 0.561. The van der Waals surface area contributed by atoms with Gasteiger partial charge in [-0.3, -0.25) is 4.79 Å². The minimum atomic E-state index is 0.561. The summed E-state index contributed by atoms with van der Waals surface area (Å²) in [7, 11) is 0. The number of hydrogen-bond acceptors (Lipinski definition) is 2. The molecule has 1 heterocycles. The Morgan fingerprint density at radius 2 is 1.75 bits per heavy atom. The number of benzene rings is 1. The highest BCUT2D eigenvalue weighted by Gasteiger charge is 1.98. The highest BCUT2D eigenvalue weighted by Crippen LogP contribution is 2.19. The Morgan fingerprint density at radius 1 is 1.06 bits per heavy atom. The van der Waals surface area contributed by atoms with Crippen molar-refractivity contribution < 1.29 is 4.79 Å². The van der Waals surface area contributed by atoms with Gasteiger partial charge in [0.05, 0.1) is 0 Å². The zero-order valence-electron chi connectivity index (χ0n) is 8.97. The molecule has 1 N–H and O–H groups in total. The van der Waals surface area contributed by atoms with Crippen LogP contribution in [0.4, 0.5) is 5.82 Å². The molecule has 0 saturated carbocycles. The molecular formula is C13H12N2O. The molecule has 80 valence electrons. The SMILES string of the molecule is Cc1ccc(-c2ccc(NC=O)nc2)cc1. The molecule has 0 atom stereocenters. The Labute approximate surface area is 94.1 Å². The molecule has 2 aromatic rings. The Kier molecular flexibility index (Phi) is 2.96. The molecule has 0 aliphatic rings. The number of amides is 1. The van der Waals surface area contributed by atoms with Crippen LogP contribution in [0.5, 0.6) is 0 Å². The average Bonchev–Trinajstić information content (AvgIpc) is 2.32. The van der Waals surface area contributed by atoms with Crippen molar-refractivity contribution >= 4 is 12.2 Å². The summed E-state index contributed by atoms with van der Waals surface area (Å²) < 4.78 is 0. The van der Waals surface area contributed by atoms with Gasteiger partial charge in [-0.2, -0.15) is 0 Å². The third-order valence-electron chi connectivity index (χ3n) is 2.36. The second kappa shape index (κ2) is 4.57.